The molecule has 0 saturated heterocycles. The van der Waals surface area contributed by atoms with Crippen LogP contribution in [-0.2, 0) is 29.0 Å². The summed E-state index contributed by atoms with van der Waals surface area (Å²) >= 11 is 0. The monoisotopic (exact) mass is 600 g/mol. The summed E-state index contributed by atoms with van der Waals surface area (Å²) in [6.07, 6.45) is 17.3. The molecule has 9 heteroatoms. The van der Waals surface area contributed by atoms with Crippen LogP contribution in [-0.4, -0.2) is 67.2 Å². The summed E-state index contributed by atoms with van der Waals surface area (Å²) < 4.78 is 29.6. The molecule has 238 valence electrons. The lowest BCUT2D eigenvalue weighted by Gasteiger charge is -2.40. The van der Waals surface area contributed by atoms with Crippen molar-refractivity contribution in [3.63, 3.8) is 0 Å². The fourth-order valence-corrected chi connectivity index (χ4v) is 6.17. The minimum Gasteiger partial charge on any atom is -0.460 e. The third-order valence-corrected chi connectivity index (χ3v) is 7.75. The summed E-state index contributed by atoms with van der Waals surface area (Å²) in [5, 5.41) is 0. The van der Waals surface area contributed by atoms with Gasteiger partial charge in [-0.2, -0.15) is 0 Å². The number of hydrogen-bond acceptors (Lipinski definition) is 5. The molecule has 41 heavy (non-hydrogen) atoms. The van der Waals surface area contributed by atoms with Crippen LogP contribution in [0.25, 0.3) is 0 Å². The molecule has 0 heterocycles. The SMILES string of the molecule is CCCCCCCCCCCCCCCCOCC(CC(C[N+](C)(C)C)(OP(=O)(O)O)c1ccccc1)OC(C)=O. The standard InChI is InChI=1S/C32H58NO7P/c1-6-7-8-9-10-11-12-13-14-15-16-17-18-22-25-38-27-31(39-29(2)34)26-32(28-33(3,4)5,40-41(35,36)37)30-23-20-19-21-24-30/h19-21,23-24,31H,6-18,22,25-28H2,1-5H3,(H-,35,36,37)/p+1. The Hall–Kier alpha value is -1.28. The fraction of sp³-hybridized carbons (Fsp3) is 0.781. The smallest absolute Gasteiger partial charge is 0.460 e. The van der Waals surface area contributed by atoms with Crippen molar-refractivity contribution in [1.29, 1.82) is 0 Å². The predicted molar refractivity (Wildman–Crippen MR) is 165 cm³/mol. The second-order valence-electron chi connectivity index (χ2n) is 12.5. The summed E-state index contributed by atoms with van der Waals surface area (Å²) in [7, 11) is 0.888. The molecule has 0 aliphatic heterocycles. The van der Waals surface area contributed by atoms with Crippen molar-refractivity contribution < 1.29 is 37.6 Å². The number of unbranched alkanes of at least 4 members (excludes halogenated alkanes) is 13. The van der Waals surface area contributed by atoms with E-state index in [9.17, 15) is 19.1 Å². The van der Waals surface area contributed by atoms with Gasteiger partial charge in [-0.1, -0.05) is 121 Å². The number of benzene rings is 1. The average molecular weight is 601 g/mol. The first kappa shape index (κ1) is 37.7. The summed E-state index contributed by atoms with van der Waals surface area (Å²) in [6.45, 7) is 4.51. The molecule has 0 radical (unpaired) electrons. The van der Waals surface area contributed by atoms with Crippen LogP contribution in [0, 0.1) is 0 Å². The number of ether oxygens (including phenoxy) is 2. The van der Waals surface area contributed by atoms with Gasteiger partial charge in [0.15, 0.2) is 5.60 Å². The Bertz CT molecular complexity index is 855. The predicted octanol–water partition coefficient (Wildman–Crippen LogP) is 7.52. The molecule has 1 aromatic carbocycles. The van der Waals surface area contributed by atoms with E-state index in [1.165, 1.54) is 84.0 Å². The van der Waals surface area contributed by atoms with Gasteiger partial charge in [-0.25, -0.2) is 4.57 Å². The maximum absolute atomic E-state index is 12.2. The van der Waals surface area contributed by atoms with Crippen LogP contribution in [0.15, 0.2) is 30.3 Å². The molecular formula is C32H59NO7P+. The number of esters is 1. The lowest BCUT2D eigenvalue weighted by Crippen LogP contribution is -2.50. The first-order valence-corrected chi connectivity index (χ1v) is 17.3. The molecule has 0 aliphatic rings. The Morgan fingerprint density at radius 2 is 1.34 bits per heavy atom. The third kappa shape index (κ3) is 19.5. The number of hydrogen-bond donors (Lipinski definition) is 2. The zero-order valence-electron chi connectivity index (χ0n) is 26.5. The molecule has 0 bridgehead atoms. The molecule has 0 saturated carbocycles. The van der Waals surface area contributed by atoms with Crippen LogP contribution in [0.3, 0.4) is 0 Å². The summed E-state index contributed by atoms with van der Waals surface area (Å²) in [5.41, 5.74) is -0.780. The van der Waals surface area contributed by atoms with Gasteiger partial charge in [0.2, 0.25) is 0 Å². The maximum Gasteiger partial charge on any atom is 0.470 e. The maximum atomic E-state index is 12.2. The molecule has 1 aromatic rings. The number of phosphoric acid groups is 1. The second kappa shape index (κ2) is 20.6. The van der Waals surface area contributed by atoms with Gasteiger partial charge < -0.3 is 23.7 Å². The van der Waals surface area contributed by atoms with E-state index in [4.69, 9.17) is 14.0 Å². The number of carbonyl (C=O) groups excluding carboxylic acids is 1. The number of phosphoric ester groups is 1. The Morgan fingerprint density at radius 3 is 1.78 bits per heavy atom. The largest absolute Gasteiger partial charge is 0.470 e. The second-order valence-corrected chi connectivity index (χ2v) is 13.7. The number of carbonyl (C=O) groups is 1. The van der Waals surface area contributed by atoms with Gasteiger partial charge in [-0.05, 0) is 12.0 Å². The zero-order chi connectivity index (χ0) is 30.6. The van der Waals surface area contributed by atoms with E-state index in [1.54, 1.807) is 24.3 Å². The number of nitrogens with zero attached hydrogens (tertiary/aromatic N) is 1. The quantitative estimate of drug-likeness (QED) is 0.0518. The topological polar surface area (TPSA) is 102 Å². The average Bonchev–Trinajstić information content (AvgIpc) is 2.86. The normalized spacial score (nSPS) is 14.5. The van der Waals surface area contributed by atoms with E-state index in [0.29, 0.717) is 16.7 Å². The minimum atomic E-state index is -4.88. The third-order valence-electron chi connectivity index (χ3n) is 7.16. The summed E-state index contributed by atoms with van der Waals surface area (Å²) in [4.78, 5) is 31.7. The Morgan fingerprint density at radius 1 is 0.854 bits per heavy atom. The molecule has 1 rings (SSSR count). The molecule has 0 spiro atoms. The lowest BCUT2D eigenvalue weighted by atomic mass is 9.87. The van der Waals surface area contributed by atoms with Crippen molar-refractivity contribution in [3.05, 3.63) is 35.9 Å². The van der Waals surface area contributed by atoms with Crippen LogP contribution < -0.4 is 0 Å². The molecule has 0 fully saturated rings. The molecule has 0 aliphatic carbocycles. The minimum absolute atomic E-state index is 0.0516. The van der Waals surface area contributed by atoms with Crippen molar-refractivity contribution in [2.75, 3.05) is 40.9 Å². The van der Waals surface area contributed by atoms with Gasteiger partial charge in [0.1, 0.15) is 12.6 Å². The summed E-state index contributed by atoms with van der Waals surface area (Å²) in [6, 6.07) is 9.00. The molecule has 2 unspecified atom stereocenters. The molecule has 0 amide bonds. The van der Waals surface area contributed by atoms with Gasteiger partial charge >= 0.3 is 13.8 Å². The van der Waals surface area contributed by atoms with Gasteiger partial charge in [-0.15, -0.1) is 0 Å². The lowest BCUT2D eigenvalue weighted by molar-refractivity contribution is -0.877. The van der Waals surface area contributed by atoms with E-state index in [0.717, 1.165) is 12.8 Å². The highest BCUT2D eigenvalue weighted by molar-refractivity contribution is 7.46. The van der Waals surface area contributed by atoms with E-state index in [-0.39, 0.29) is 19.6 Å². The molecule has 2 atom stereocenters. The fourth-order valence-electron chi connectivity index (χ4n) is 5.48. The first-order chi connectivity index (χ1) is 19.4. The molecule has 8 nitrogen and oxygen atoms in total. The van der Waals surface area contributed by atoms with E-state index in [2.05, 4.69) is 6.92 Å². The van der Waals surface area contributed by atoms with Crippen LogP contribution in [0.2, 0.25) is 0 Å². The highest BCUT2D eigenvalue weighted by atomic mass is 31.2. The highest BCUT2D eigenvalue weighted by Crippen LogP contribution is 2.48. The van der Waals surface area contributed by atoms with Gasteiger partial charge in [0, 0.05) is 20.0 Å². The summed E-state index contributed by atoms with van der Waals surface area (Å²) in [5.74, 6) is -0.474. The van der Waals surface area contributed by atoms with Crippen LogP contribution in [0.4, 0.5) is 0 Å². The number of likely N-dealkylation sites (N-methyl/N-ethyl adjacent to an activating group) is 1. The number of rotatable bonds is 25. The van der Waals surface area contributed by atoms with Gasteiger partial charge in [0.25, 0.3) is 0 Å². The Labute approximate surface area is 250 Å². The van der Waals surface area contributed by atoms with Gasteiger partial charge in [0.05, 0.1) is 27.7 Å². The van der Waals surface area contributed by atoms with Crippen molar-refractivity contribution in [1.82, 2.24) is 0 Å². The van der Waals surface area contributed by atoms with Crippen molar-refractivity contribution >= 4 is 13.8 Å². The Kier molecular flexibility index (Phi) is 19.0. The first-order valence-electron chi connectivity index (χ1n) is 15.7. The molecule has 0 aromatic heterocycles. The highest BCUT2D eigenvalue weighted by Gasteiger charge is 2.46. The van der Waals surface area contributed by atoms with Crippen molar-refractivity contribution in [2.45, 2.75) is 122 Å². The van der Waals surface area contributed by atoms with Crippen molar-refractivity contribution in [3.8, 4) is 0 Å². The number of quaternary nitrogens is 1. The Balaban J connectivity index is 2.54. The van der Waals surface area contributed by atoms with Crippen LogP contribution in [0.1, 0.15) is 116 Å². The van der Waals surface area contributed by atoms with E-state index in [1.807, 2.05) is 27.2 Å². The zero-order valence-corrected chi connectivity index (χ0v) is 27.4. The van der Waals surface area contributed by atoms with E-state index >= 15 is 0 Å². The van der Waals surface area contributed by atoms with Crippen molar-refractivity contribution in [2.24, 2.45) is 0 Å². The van der Waals surface area contributed by atoms with Crippen LogP contribution in [0.5, 0.6) is 0 Å². The van der Waals surface area contributed by atoms with Gasteiger partial charge in [-0.3, -0.25) is 9.32 Å². The molecular weight excluding hydrogens is 541 g/mol. The van der Waals surface area contributed by atoms with E-state index < -0.39 is 25.5 Å². The molecule has 2 N–H and O–H groups in total. The van der Waals surface area contributed by atoms with Crippen LogP contribution >= 0.6 is 7.82 Å².